The summed E-state index contributed by atoms with van der Waals surface area (Å²) in [6.45, 7) is -1.14. The number of rotatable bonds is 3. The molecule has 1 aromatic rings. The summed E-state index contributed by atoms with van der Waals surface area (Å²) in [4.78, 5) is 12.9. The third kappa shape index (κ3) is 2.88. The zero-order chi connectivity index (χ0) is 12.3. The van der Waals surface area contributed by atoms with Crippen LogP contribution >= 0.6 is 0 Å². The molecule has 0 fully saturated rings. The molecular formula is C8H7F4NO3. The number of hydrogen-bond donors (Lipinski definition) is 1. The summed E-state index contributed by atoms with van der Waals surface area (Å²) < 4.78 is 55.8. The van der Waals surface area contributed by atoms with Crippen LogP contribution in [0.1, 0.15) is 5.56 Å². The van der Waals surface area contributed by atoms with E-state index in [1.807, 2.05) is 0 Å². The third-order valence-corrected chi connectivity index (χ3v) is 1.61. The number of alkyl halides is 4. The van der Waals surface area contributed by atoms with Crippen LogP contribution in [0.4, 0.5) is 17.6 Å². The lowest BCUT2D eigenvalue weighted by Gasteiger charge is -2.10. The Bertz CT molecular complexity index is 426. The van der Waals surface area contributed by atoms with Crippen LogP contribution in [-0.2, 0) is 6.67 Å². The number of nitrogens with one attached hydrogen (secondary N) is 1. The summed E-state index contributed by atoms with van der Waals surface area (Å²) in [6, 6.07) is 0.716. The molecule has 0 radical (unpaired) electrons. The molecule has 0 aliphatic carbocycles. The Morgan fingerprint density at radius 2 is 2.06 bits per heavy atom. The number of aromatic amines is 1. The van der Waals surface area contributed by atoms with Gasteiger partial charge in [0, 0.05) is 11.6 Å². The minimum Gasteiger partial charge on any atom is -0.491 e. The van der Waals surface area contributed by atoms with Gasteiger partial charge in [0.1, 0.15) is 6.67 Å². The van der Waals surface area contributed by atoms with E-state index in [9.17, 15) is 22.4 Å². The Balaban J connectivity index is 3.16. The van der Waals surface area contributed by atoms with Gasteiger partial charge in [-0.1, -0.05) is 0 Å². The van der Waals surface area contributed by atoms with Gasteiger partial charge in [-0.15, -0.1) is 13.2 Å². The van der Waals surface area contributed by atoms with E-state index in [1.54, 1.807) is 4.98 Å². The molecule has 8 heteroatoms. The second-order valence-electron chi connectivity index (χ2n) is 2.70. The van der Waals surface area contributed by atoms with Crippen LogP contribution in [0.2, 0.25) is 0 Å². The molecule has 0 bridgehead atoms. The highest BCUT2D eigenvalue weighted by Gasteiger charge is 2.32. The molecule has 0 saturated carbocycles. The van der Waals surface area contributed by atoms with Crippen molar-refractivity contribution in [3.63, 3.8) is 0 Å². The Hall–Kier alpha value is -1.73. The monoisotopic (exact) mass is 241 g/mol. The highest BCUT2D eigenvalue weighted by molar-refractivity contribution is 5.34. The molecule has 0 aliphatic rings. The predicted octanol–water partition coefficient (Wildman–Crippen LogP) is 1.75. The van der Waals surface area contributed by atoms with E-state index in [4.69, 9.17) is 0 Å². The van der Waals surface area contributed by atoms with E-state index >= 15 is 0 Å². The molecule has 1 N–H and O–H groups in total. The maximum absolute atomic E-state index is 12.4. The van der Waals surface area contributed by atoms with E-state index in [-0.39, 0.29) is 11.3 Å². The molecule has 1 aromatic heterocycles. The lowest BCUT2D eigenvalue weighted by Crippen LogP contribution is -2.21. The zero-order valence-electron chi connectivity index (χ0n) is 8.02. The highest BCUT2D eigenvalue weighted by Crippen LogP contribution is 2.23. The lowest BCUT2D eigenvalue weighted by molar-refractivity contribution is -0.276. The third-order valence-electron chi connectivity index (χ3n) is 1.61. The number of methoxy groups -OCH3 is 1. The number of halogens is 4. The van der Waals surface area contributed by atoms with E-state index in [1.165, 1.54) is 0 Å². The SMILES string of the molecule is COc1c(CF)cc(OC(F)(F)F)[nH]c1=O. The van der Waals surface area contributed by atoms with Crippen LogP contribution in [0.25, 0.3) is 0 Å². The normalized spacial score (nSPS) is 11.3. The standard InChI is InChI=1S/C8H7F4NO3/c1-15-6-4(3-9)2-5(13-7(6)14)16-8(10,11)12/h2H,3H2,1H3,(H,13,14). The average Bonchev–Trinajstić information content (AvgIpc) is 2.14. The molecule has 0 aliphatic heterocycles. The minimum absolute atomic E-state index is 0.314. The predicted molar refractivity (Wildman–Crippen MR) is 45.1 cm³/mol. The molecule has 0 amide bonds. The molecule has 0 atom stereocenters. The number of aromatic nitrogens is 1. The summed E-state index contributed by atoms with van der Waals surface area (Å²) in [5.41, 5.74) is -1.30. The van der Waals surface area contributed by atoms with Crippen molar-refractivity contribution < 1.29 is 27.0 Å². The Labute approximate surface area is 86.8 Å². The summed E-state index contributed by atoms with van der Waals surface area (Å²) in [5.74, 6) is -1.26. The van der Waals surface area contributed by atoms with Crippen LogP contribution in [0.15, 0.2) is 10.9 Å². The number of pyridine rings is 1. The summed E-state index contributed by atoms with van der Waals surface area (Å²) in [7, 11) is 1.11. The second kappa shape index (κ2) is 4.42. The first-order chi connectivity index (χ1) is 7.37. The van der Waals surface area contributed by atoms with Crippen molar-refractivity contribution in [2.45, 2.75) is 13.0 Å². The first-order valence-corrected chi connectivity index (χ1v) is 3.99. The van der Waals surface area contributed by atoms with Gasteiger partial charge in [0.2, 0.25) is 5.88 Å². The first-order valence-electron chi connectivity index (χ1n) is 3.99. The second-order valence-corrected chi connectivity index (χ2v) is 2.70. The highest BCUT2D eigenvalue weighted by atomic mass is 19.4. The lowest BCUT2D eigenvalue weighted by atomic mass is 10.2. The van der Waals surface area contributed by atoms with Crippen molar-refractivity contribution in [1.82, 2.24) is 4.98 Å². The van der Waals surface area contributed by atoms with Crippen molar-refractivity contribution in [2.24, 2.45) is 0 Å². The van der Waals surface area contributed by atoms with Crippen LogP contribution in [-0.4, -0.2) is 18.5 Å². The zero-order valence-corrected chi connectivity index (χ0v) is 8.02. The van der Waals surface area contributed by atoms with Gasteiger partial charge in [0.15, 0.2) is 5.75 Å². The van der Waals surface area contributed by atoms with Crippen molar-refractivity contribution in [1.29, 1.82) is 0 Å². The van der Waals surface area contributed by atoms with Crippen LogP contribution in [0.3, 0.4) is 0 Å². The summed E-state index contributed by atoms with van der Waals surface area (Å²) >= 11 is 0. The summed E-state index contributed by atoms with van der Waals surface area (Å²) in [6.07, 6.45) is -4.95. The van der Waals surface area contributed by atoms with Gasteiger partial charge in [-0.25, -0.2) is 4.39 Å². The largest absolute Gasteiger partial charge is 0.574 e. The maximum Gasteiger partial charge on any atom is 0.574 e. The van der Waals surface area contributed by atoms with Crippen molar-refractivity contribution in [3.8, 4) is 11.6 Å². The Morgan fingerprint density at radius 3 is 2.50 bits per heavy atom. The fraction of sp³-hybridized carbons (Fsp3) is 0.375. The van der Waals surface area contributed by atoms with Crippen LogP contribution in [0.5, 0.6) is 11.6 Å². The Kier molecular flexibility index (Phi) is 3.41. The van der Waals surface area contributed by atoms with E-state index in [0.717, 1.165) is 7.11 Å². The first kappa shape index (κ1) is 12.3. The molecular weight excluding hydrogens is 234 g/mol. The molecule has 0 unspecified atom stereocenters. The van der Waals surface area contributed by atoms with Crippen LogP contribution < -0.4 is 15.0 Å². The van der Waals surface area contributed by atoms with Crippen LogP contribution in [0, 0.1) is 0 Å². The van der Waals surface area contributed by atoms with Gasteiger partial charge in [-0.3, -0.25) is 9.78 Å². The van der Waals surface area contributed by atoms with E-state index in [2.05, 4.69) is 9.47 Å². The molecule has 90 valence electrons. The van der Waals surface area contributed by atoms with Gasteiger partial charge in [0.05, 0.1) is 7.11 Å². The maximum atomic E-state index is 12.4. The molecule has 16 heavy (non-hydrogen) atoms. The molecule has 0 spiro atoms. The van der Waals surface area contributed by atoms with E-state index in [0.29, 0.717) is 6.07 Å². The van der Waals surface area contributed by atoms with Gasteiger partial charge in [-0.05, 0) is 0 Å². The molecule has 1 heterocycles. The quantitative estimate of drug-likeness (QED) is 0.820. The van der Waals surface area contributed by atoms with Crippen molar-refractivity contribution in [2.75, 3.05) is 7.11 Å². The average molecular weight is 241 g/mol. The molecule has 0 aromatic carbocycles. The molecule has 4 nitrogen and oxygen atoms in total. The fourth-order valence-electron chi connectivity index (χ4n) is 1.08. The summed E-state index contributed by atoms with van der Waals surface area (Å²) in [5, 5.41) is 0. The number of hydrogen-bond acceptors (Lipinski definition) is 3. The van der Waals surface area contributed by atoms with Crippen molar-refractivity contribution in [3.05, 3.63) is 22.0 Å². The van der Waals surface area contributed by atoms with Gasteiger partial charge >= 0.3 is 6.36 Å². The number of H-pyrrole nitrogens is 1. The van der Waals surface area contributed by atoms with Gasteiger partial charge in [0.25, 0.3) is 5.56 Å². The van der Waals surface area contributed by atoms with E-state index < -0.39 is 24.5 Å². The molecule has 0 saturated heterocycles. The number of ether oxygens (including phenoxy) is 2. The van der Waals surface area contributed by atoms with Gasteiger partial charge in [-0.2, -0.15) is 0 Å². The van der Waals surface area contributed by atoms with Crippen molar-refractivity contribution >= 4 is 0 Å². The Morgan fingerprint density at radius 1 is 1.44 bits per heavy atom. The molecule has 1 rings (SSSR count). The topological polar surface area (TPSA) is 51.3 Å². The van der Waals surface area contributed by atoms with Gasteiger partial charge < -0.3 is 9.47 Å². The smallest absolute Gasteiger partial charge is 0.491 e. The fourth-order valence-corrected chi connectivity index (χ4v) is 1.08. The minimum atomic E-state index is -4.95.